The second-order valence-electron chi connectivity index (χ2n) is 6.98. The third-order valence-electron chi connectivity index (χ3n) is 4.84. The molecule has 1 heterocycles. The molecule has 1 amide bonds. The number of benzene rings is 3. The molecule has 30 heavy (non-hydrogen) atoms. The van der Waals surface area contributed by atoms with Crippen LogP contribution >= 0.6 is 0 Å². The molecule has 0 radical (unpaired) electrons. The van der Waals surface area contributed by atoms with Gasteiger partial charge in [0.25, 0.3) is 5.91 Å². The van der Waals surface area contributed by atoms with Crippen LogP contribution in [-0.2, 0) is 16.1 Å². The van der Waals surface area contributed by atoms with Gasteiger partial charge < -0.3 is 9.64 Å². The maximum absolute atomic E-state index is 12.5. The number of nitrogens with zero attached hydrogens (tertiary/aromatic N) is 3. The van der Waals surface area contributed by atoms with Crippen molar-refractivity contribution in [2.24, 2.45) is 0 Å². The molecule has 0 bridgehead atoms. The molecule has 150 valence electrons. The van der Waals surface area contributed by atoms with Crippen molar-refractivity contribution in [2.75, 3.05) is 13.7 Å². The van der Waals surface area contributed by atoms with Crippen LogP contribution in [0.1, 0.15) is 15.9 Å². The van der Waals surface area contributed by atoms with E-state index < -0.39 is 5.97 Å². The normalized spacial score (nSPS) is 10.7. The van der Waals surface area contributed by atoms with Crippen molar-refractivity contribution >= 4 is 22.6 Å². The zero-order valence-electron chi connectivity index (χ0n) is 16.6. The van der Waals surface area contributed by atoms with Crippen LogP contribution in [0, 0.1) is 0 Å². The molecule has 0 aliphatic rings. The lowest BCUT2D eigenvalue weighted by atomic mass is 10.1. The molecule has 0 unspecified atom stereocenters. The van der Waals surface area contributed by atoms with Gasteiger partial charge in [0.05, 0.1) is 17.4 Å². The summed E-state index contributed by atoms with van der Waals surface area (Å²) in [5.41, 5.74) is 2.28. The summed E-state index contributed by atoms with van der Waals surface area (Å²) in [5, 5.41) is 6.09. The number of amides is 1. The van der Waals surface area contributed by atoms with Crippen molar-refractivity contribution in [1.29, 1.82) is 0 Å². The van der Waals surface area contributed by atoms with Crippen LogP contribution in [0.3, 0.4) is 0 Å². The minimum Gasteiger partial charge on any atom is -0.452 e. The average molecular weight is 399 g/mol. The van der Waals surface area contributed by atoms with Crippen molar-refractivity contribution in [2.45, 2.75) is 6.54 Å². The fourth-order valence-corrected chi connectivity index (χ4v) is 3.24. The summed E-state index contributed by atoms with van der Waals surface area (Å²) in [6, 6.07) is 22.8. The van der Waals surface area contributed by atoms with Gasteiger partial charge in [0.1, 0.15) is 0 Å². The maximum atomic E-state index is 12.5. The van der Waals surface area contributed by atoms with E-state index >= 15 is 0 Å². The van der Waals surface area contributed by atoms with Gasteiger partial charge in [-0.2, -0.15) is 5.10 Å². The molecule has 1 aromatic heterocycles. The van der Waals surface area contributed by atoms with Gasteiger partial charge in [-0.25, -0.2) is 9.48 Å². The highest BCUT2D eigenvalue weighted by Crippen LogP contribution is 2.19. The van der Waals surface area contributed by atoms with Gasteiger partial charge in [-0.3, -0.25) is 4.79 Å². The Morgan fingerprint density at radius 3 is 2.53 bits per heavy atom. The molecule has 0 atom stereocenters. The average Bonchev–Trinajstić information content (AvgIpc) is 3.26. The Labute approximate surface area is 174 Å². The number of rotatable bonds is 6. The van der Waals surface area contributed by atoms with E-state index in [1.807, 2.05) is 66.9 Å². The minimum atomic E-state index is -0.509. The zero-order chi connectivity index (χ0) is 20.9. The Bertz CT molecular complexity index is 1180. The molecule has 6 heteroatoms. The summed E-state index contributed by atoms with van der Waals surface area (Å²) in [5.74, 6) is -0.790. The maximum Gasteiger partial charge on any atom is 0.339 e. The first kappa shape index (κ1) is 19.4. The van der Waals surface area contributed by atoms with E-state index in [4.69, 9.17) is 4.74 Å². The summed E-state index contributed by atoms with van der Waals surface area (Å²) in [7, 11) is 1.67. The number of hydrogen-bond donors (Lipinski definition) is 0. The number of esters is 1. The molecule has 0 spiro atoms. The van der Waals surface area contributed by atoms with Gasteiger partial charge in [-0.1, -0.05) is 54.6 Å². The highest BCUT2D eigenvalue weighted by molar-refractivity contribution is 6.04. The molecule has 0 saturated carbocycles. The summed E-state index contributed by atoms with van der Waals surface area (Å²) in [6.45, 7) is 0.0584. The lowest BCUT2D eigenvalue weighted by Crippen LogP contribution is -2.30. The van der Waals surface area contributed by atoms with Gasteiger partial charge >= 0.3 is 5.97 Å². The Morgan fingerprint density at radius 2 is 1.70 bits per heavy atom. The second-order valence-corrected chi connectivity index (χ2v) is 6.98. The number of aromatic nitrogens is 2. The van der Waals surface area contributed by atoms with Crippen LogP contribution in [0.25, 0.3) is 16.5 Å². The van der Waals surface area contributed by atoms with Gasteiger partial charge in [-0.15, -0.1) is 0 Å². The number of fused-ring (bicyclic) bond motifs is 1. The van der Waals surface area contributed by atoms with Crippen LogP contribution in [-0.4, -0.2) is 40.2 Å². The number of carbonyl (C=O) groups excluding carboxylic acids is 2. The van der Waals surface area contributed by atoms with Gasteiger partial charge in [0.2, 0.25) is 0 Å². The third kappa shape index (κ3) is 4.22. The lowest BCUT2D eigenvalue weighted by molar-refractivity contribution is -0.133. The number of likely N-dealkylation sites (N-methyl/N-ethyl adjacent to an activating group) is 1. The van der Waals surface area contributed by atoms with Crippen LogP contribution in [0.2, 0.25) is 0 Å². The summed E-state index contributed by atoms with van der Waals surface area (Å²) >= 11 is 0. The molecule has 6 nitrogen and oxygen atoms in total. The van der Waals surface area contributed by atoms with Crippen LogP contribution < -0.4 is 0 Å². The molecular weight excluding hydrogens is 378 g/mol. The van der Waals surface area contributed by atoms with Crippen LogP contribution in [0.5, 0.6) is 0 Å². The Balaban J connectivity index is 1.36. The summed E-state index contributed by atoms with van der Waals surface area (Å²) in [6.07, 6.45) is 3.60. The van der Waals surface area contributed by atoms with E-state index in [2.05, 4.69) is 5.10 Å². The fraction of sp³-hybridized carbons (Fsp3) is 0.125. The first-order valence-electron chi connectivity index (χ1n) is 9.59. The number of ether oxygens (including phenoxy) is 1. The van der Waals surface area contributed by atoms with Gasteiger partial charge in [0, 0.05) is 25.4 Å². The molecule has 0 saturated heterocycles. The van der Waals surface area contributed by atoms with Crippen molar-refractivity contribution < 1.29 is 14.3 Å². The first-order valence-corrected chi connectivity index (χ1v) is 9.59. The number of carbonyl (C=O) groups is 2. The molecule has 3 aromatic carbocycles. The van der Waals surface area contributed by atoms with E-state index in [9.17, 15) is 9.59 Å². The fourth-order valence-electron chi connectivity index (χ4n) is 3.24. The van der Waals surface area contributed by atoms with Crippen LogP contribution in [0.4, 0.5) is 0 Å². The highest BCUT2D eigenvalue weighted by Gasteiger charge is 2.16. The standard InChI is InChI=1S/C24H21N3O3/c1-26(15-18-14-25-27(16-18)20-10-3-2-4-11-20)23(28)17-30-24(29)22-13-7-9-19-8-5-6-12-21(19)22/h2-14,16H,15,17H2,1H3. The van der Waals surface area contributed by atoms with Crippen molar-refractivity contribution in [1.82, 2.24) is 14.7 Å². The third-order valence-corrected chi connectivity index (χ3v) is 4.84. The number of hydrogen-bond acceptors (Lipinski definition) is 4. The van der Waals surface area contributed by atoms with Gasteiger partial charge in [-0.05, 0) is 29.0 Å². The molecule has 4 aromatic rings. The summed E-state index contributed by atoms with van der Waals surface area (Å²) in [4.78, 5) is 26.5. The molecular formula is C24H21N3O3. The van der Waals surface area contributed by atoms with E-state index in [0.717, 1.165) is 22.0 Å². The van der Waals surface area contributed by atoms with E-state index in [0.29, 0.717) is 12.1 Å². The largest absolute Gasteiger partial charge is 0.452 e. The van der Waals surface area contributed by atoms with Crippen LogP contribution in [0.15, 0.2) is 85.2 Å². The highest BCUT2D eigenvalue weighted by atomic mass is 16.5. The predicted octanol–water partition coefficient (Wildman–Crippen LogP) is 3.84. The molecule has 0 fully saturated rings. The van der Waals surface area contributed by atoms with Crippen molar-refractivity contribution in [3.8, 4) is 5.69 Å². The van der Waals surface area contributed by atoms with Crippen molar-refractivity contribution in [3.05, 3.63) is 96.3 Å². The SMILES string of the molecule is CN(Cc1cnn(-c2ccccc2)c1)C(=O)COC(=O)c1cccc2ccccc12. The molecule has 0 N–H and O–H groups in total. The smallest absolute Gasteiger partial charge is 0.339 e. The van der Waals surface area contributed by atoms with E-state index in [-0.39, 0.29) is 12.5 Å². The topological polar surface area (TPSA) is 64.4 Å². The zero-order valence-corrected chi connectivity index (χ0v) is 16.6. The van der Waals surface area contributed by atoms with E-state index in [1.165, 1.54) is 4.90 Å². The molecule has 0 aliphatic carbocycles. The Kier molecular flexibility index (Phi) is 5.57. The van der Waals surface area contributed by atoms with Crippen molar-refractivity contribution in [3.63, 3.8) is 0 Å². The monoisotopic (exact) mass is 399 g/mol. The predicted molar refractivity (Wildman–Crippen MR) is 114 cm³/mol. The first-order chi connectivity index (χ1) is 14.6. The molecule has 4 rings (SSSR count). The Hall–Kier alpha value is -3.93. The van der Waals surface area contributed by atoms with E-state index in [1.54, 1.807) is 30.1 Å². The quantitative estimate of drug-likeness (QED) is 0.462. The Morgan fingerprint density at radius 1 is 0.967 bits per heavy atom. The molecule has 0 aliphatic heterocycles. The van der Waals surface area contributed by atoms with Gasteiger partial charge in [0.15, 0.2) is 6.61 Å². The number of para-hydroxylation sites is 1. The lowest BCUT2D eigenvalue weighted by Gasteiger charge is -2.16. The minimum absolute atomic E-state index is 0.281. The summed E-state index contributed by atoms with van der Waals surface area (Å²) < 4.78 is 7.04. The second kappa shape index (κ2) is 8.61.